The van der Waals surface area contributed by atoms with Crippen LogP contribution in [0.15, 0.2) is 0 Å². The van der Waals surface area contributed by atoms with E-state index in [1.54, 1.807) is 20.8 Å². The third-order valence-corrected chi connectivity index (χ3v) is 3.88. The van der Waals surface area contributed by atoms with Crippen molar-refractivity contribution in [1.82, 2.24) is 10.2 Å². The SMILES string of the molecule is CCN(CC(=O)NC(C)C)C(=O)CSC(C)(C)C(=O)O. The van der Waals surface area contributed by atoms with Crippen LogP contribution in [0.1, 0.15) is 34.6 Å². The molecule has 0 saturated carbocycles. The van der Waals surface area contributed by atoms with Gasteiger partial charge < -0.3 is 15.3 Å². The molecule has 0 spiro atoms. The van der Waals surface area contributed by atoms with E-state index in [1.807, 2.05) is 13.8 Å². The number of nitrogens with one attached hydrogen (secondary N) is 1. The molecule has 0 rings (SSSR count). The Morgan fingerprint density at radius 3 is 2.25 bits per heavy atom. The second-order valence-corrected chi connectivity index (χ2v) is 6.83. The molecule has 0 atom stereocenters. The number of hydrogen-bond donors (Lipinski definition) is 2. The zero-order valence-corrected chi connectivity index (χ0v) is 13.5. The molecule has 116 valence electrons. The van der Waals surface area contributed by atoms with Gasteiger partial charge in [-0.2, -0.15) is 0 Å². The minimum absolute atomic E-state index is 0.00156. The lowest BCUT2D eigenvalue weighted by atomic mass is 10.2. The largest absolute Gasteiger partial charge is 0.480 e. The van der Waals surface area contributed by atoms with Gasteiger partial charge in [-0.1, -0.05) is 0 Å². The molecule has 0 radical (unpaired) electrons. The second-order valence-electron chi connectivity index (χ2n) is 5.23. The lowest BCUT2D eigenvalue weighted by molar-refractivity contribution is -0.138. The predicted octanol–water partition coefficient (Wildman–Crippen LogP) is 0.956. The van der Waals surface area contributed by atoms with Crippen LogP contribution >= 0.6 is 11.8 Å². The molecule has 6 nitrogen and oxygen atoms in total. The van der Waals surface area contributed by atoms with Crippen molar-refractivity contribution in [1.29, 1.82) is 0 Å². The number of carboxylic acid groups (broad SMARTS) is 1. The van der Waals surface area contributed by atoms with E-state index in [-0.39, 0.29) is 30.2 Å². The van der Waals surface area contributed by atoms with E-state index in [9.17, 15) is 14.4 Å². The Morgan fingerprint density at radius 1 is 1.30 bits per heavy atom. The van der Waals surface area contributed by atoms with Crippen LogP contribution in [0.5, 0.6) is 0 Å². The Morgan fingerprint density at radius 2 is 1.85 bits per heavy atom. The number of amides is 2. The highest BCUT2D eigenvalue weighted by Gasteiger charge is 2.29. The summed E-state index contributed by atoms with van der Waals surface area (Å²) in [7, 11) is 0. The number of rotatable bonds is 8. The molecule has 2 N–H and O–H groups in total. The quantitative estimate of drug-likeness (QED) is 0.697. The molecule has 0 fully saturated rings. The Kier molecular flexibility index (Phi) is 7.63. The maximum absolute atomic E-state index is 12.0. The number of carbonyl (C=O) groups is 3. The molecule has 0 aliphatic carbocycles. The Hall–Kier alpha value is -1.24. The van der Waals surface area contributed by atoms with Crippen molar-refractivity contribution >= 4 is 29.5 Å². The molecule has 0 aromatic heterocycles. The van der Waals surface area contributed by atoms with Crippen LogP contribution in [0.3, 0.4) is 0 Å². The Bertz CT molecular complexity index is 369. The van der Waals surface area contributed by atoms with Crippen LogP contribution in [0.4, 0.5) is 0 Å². The number of carbonyl (C=O) groups excluding carboxylic acids is 2. The fraction of sp³-hybridized carbons (Fsp3) is 0.769. The number of nitrogens with zero attached hydrogens (tertiary/aromatic N) is 1. The van der Waals surface area contributed by atoms with Gasteiger partial charge in [-0.05, 0) is 34.6 Å². The maximum Gasteiger partial charge on any atom is 0.319 e. The summed E-state index contributed by atoms with van der Waals surface area (Å²) in [6.45, 7) is 9.00. The summed E-state index contributed by atoms with van der Waals surface area (Å²) >= 11 is 1.06. The number of hydrogen-bond acceptors (Lipinski definition) is 4. The molecule has 0 aliphatic rings. The summed E-state index contributed by atoms with van der Waals surface area (Å²) in [5.74, 6) is -1.36. The first-order chi connectivity index (χ1) is 9.10. The van der Waals surface area contributed by atoms with Gasteiger partial charge in [0.05, 0.1) is 12.3 Å². The molecule has 20 heavy (non-hydrogen) atoms. The van der Waals surface area contributed by atoms with E-state index in [0.717, 1.165) is 11.8 Å². The van der Waals surface area contributed by atoms with Gasteiger partial charge in [0.15, 0.2) is 0 Å². The summed E-state index contributed by atoms with van der Waals surface area (Å²) in [5.41, 5.74) is 0. The molecule has 0 aliphatic heterocycles. The Balaban J connectivity index is 4.42. The summed E-state index contributed by atoms with van der Waals surface area (Å²) in [4.78, 5) is 36.0. The van der Waals surface area contributed by atoms with E-state index in [2.05, 4.69) is 5.32 Å². The zero-order valence-electron chi connectivity index (χ0n) is 12.7. The van der Waals surface area contributed by atoms with Gasteiger partial charge in [-0.3, -0.25) is 14.4 Å². The lowest BCUT2D eigenvalue weighted by Gasteiger charge is -2.23. The van der Waals surface area contributed by atoms with Crippen molar-refractivity contribution < 1.29 is 19.5 Å². The molecule has 0 unspecified atom stereocenters. The molecule has 0 saturated heterocycles. The average molecular weight is 304 g/mol. The van der Waals surface area contributed by atoms with Crippen molar-refractivity contribution in [3.63, 3.8) is 0 Å². The van der Waals surface area contributed by atoms with Crippen LogP contribution < -0.4 is 5.32 Å². The van der Waals surface area contributed by atoms with Crippen LogP contribution in [-0.4, -0.2) is 57.4 Å². The maximum atomic E-state index is 12.0. The normalized spacial score (nSPS) is 11.3. The monoisotopic (exact) mass is 304 g/mol. The molecule has 7 heteroatoms. The van der Waals surface area contributed by atoms with Crippen molar-refractivity contribution in [3.8, 4) is 0 Å². The number of aliphatic carboxylic acids is 1. The van der Waals surface area contributed by atoms with Gasteiger partial charge in [0.2, 0.25) is 11.8 Å². The second kappa shape index (κ2) is 8.14. The zero-order chi connectivity index (χ0) is 15.9. The number of carboxylic acids is 1. The minimum Gasteiger partial charge on any atom is -0.480 e. The standard InChI is InChI=1S/C13H24N2O4S/c1-6-15(7-10(16)14-9(2)3)11(17)8-20-13(4,5)12(18)19/h9H,6-8H2,1-5H3,(H,14,16)(H,18,19). The molecule has 0 heterocycles. The van der Waals surface area contributed by atoms with Gasteiger partial charge in [-0.15, -0.1) is 11.8 Å². The van der Waals surface area contributed by atoms with E-state index in [1.165, 1.54) is 4.90 Å². The highest BCUT2D eigenvalue weighted by atomic mass is 32.2. The van der Waals surface area contributed by atoms with Gasteiger partial charge in [0.25, 0.3) is 0 Å². The van der Waals surface area contributed by atoms with Crippen LogP contribution in [0, 0.1) is 0 Å². The average Bonchev–Trinajstić information content (AvgIpc) is 2.32. The molecular formula is C13H24N2O4S. The highest BCUT2D eigenvalue weighted by Crippen LogP contribution is 2.24. The molecule has 0 aromatic rings. The molecule has 0 aromatic carbocycles. The summed E-state index contributed by atoms with van der Waals surface area (Å²) in [6.07, 6.45) is 0. The molecule has 0 bridgehead atoms. The third kappa shape index (κ3) is 6.79. The first-order valence-electron chi connectivity index (χ1n) is 6.54. The molecule has 2 amide bonds. The predicted molar refractivity (Wildman–Crippen MR) is 79.7 cm³/mol. The summed E-state index contributed by atoms with van der Waals surface area (Å²) in [6, 6.07) is 0.0247. The van der Waals surface area contributed by atoms with Crippen LogP contribution in [-0.2, 0) is 14.4 Å². The van der Waals surface area contributed by atoms with E-state index in [0.29, 0.717) is 6.54 Å². The first kappa shape index (κ1) is 18.8. The van der Waals surface area contributed by atoms with Crippen molar-refractivity contribution in [2.75, 3.05) is 18.8 Å². The van der Waals surface area contributed by atoms with Gasteiger partial charge in [-0.25, -0.2) is 0 Å². The lowest BCUT2D eigenvalue weighted by Crippen LogP contribution is -2.43. The van der Waals surface area contributed by atoms with Crippen LogP contribution in [0.25, 0.3) is 0 Å². The van der Waals surface area contributed by atoms with E-state index < -0.39 is 10.7 Å². The highest BCUT2D eigenvalue weighted by molar-refractivity contribution is 8.01. The van der Waals surface area contributed by atoms with E-state index in [4.69, 9.17) is 5.11 Å². The van der Waals surface area contributed by atoms with Gasteiger partial charge in [0, 0.05) is 12.6 Å². The summed E-state index contributed by atoms with van der Waals surface area (Å²) < 4.78 is -1.02. The van der Waals surface area contributed by atoms with Crippen molar-refractivity contribution in [2.45, 2.75) is 45.4 Å². The fourth-order valence-electron chi connectivity index (χ4n) is 1.31. The number of thioether (sulfide) groups is 1. The smallest absolute Gasteiger partial charge is 0.319 e. The summed E-state index contributed by atoms with van der Waals surface area (Å²) in [5, 5.41) is 11.7. The first-order valence-corrected chi connectivity index (χ1v) is 7.53. The molecular weight excluding hydrogens is 280 g/mol. The topological polar surface area (TPSA) is 86.7 Å². The van der Waals surface area contributed by atoms with Gasteiger partial charge in [0.1, 0.15) is 4.75 Å². The third-order valence-electron chi connectivity index (χ3n) is 2.59. The fourth-order valence-corrected chi connectivity index (χ4v) is 2.10. The Labute approximate surface area is 124 Å². The minimum atomic E-state index is -1.02. The van der Waals surface area contributed by atoms with Gasteiger partial charge >= 0.3 is 5.97 Å². The van der Waals surface area contributed by atoms with Crippen molar-refractivity contribution in [2.24, 2.45) is 0 Å². The number of likely N-dealkylation sites (N-methyl/N-ethyl adjacent to an activating group) is 1. The van der Waals surface area contributed by atoms with Crippen molar-refractivity contribution in [3.05, 3.63) is 0 Å². The van der Waals surface area contributed by atoms with E-state index >= 15 is 0 Å². The van der Waals surface area contributed by atoms with Crippen LogP contribution in [0.2, 0.25) is 0 Å².